The number of carbonyl (C=O) groups excluding carboxylic acids is 3. The molecule has 6 nitrogen and oxygen atoms in total. The number of ketones is 2. The normalized spacial score (nSPS) is 23.5. The van der Waals surface area contributed by atoms with E-state index in [0.29, 0.717) is 31.4 Å². The Balaban J connectivity index is 1.86. The second-order valence-electron chi connectivity index (χ2n) is 4.91. The minimum atomic E-state index is -0.452. The van der Waals surface area contributed by atoms with Gasteiger partial charge in [0.1, 0.15) is 5.78 Å². The number of rotatable bonds is 1. The van der Waals surface area contributed by atoms with E-state index in [0.717, 1.165) is 5.56 Å². The zero-order valence-corrected chi connectivity index (χ0v) is 10.3. The van der Waals surface area contributed by atoms with Crippen LogP contribution in [0.15, 0.2) is 12.4 Å². The topological polar surface area (TPSA) is 80.2 Å². The molecule has 0 aromatic carbocycles. The van der Waals surface area contributed by atoms with Gasteiger partial charge in [-0.3, -0.25) is 14.4 Å². The van der Waals surface area contributed by atoms with Gasteiger partial charge in [-0.25, -0.2) is 0 Å². The molecule has 1 saturated carbocycles. The average Bonchev–Trinajstić information content (AvgIpc) is 2.41. The van der Waals surface area contributed by atoms with E-state index >= 15 is 0 Å². The molecule has 1 fully saturated rings. The summed E-state index contributed by atoms with van der Waals surface area (Å²) in [5, 5.41) is 7.49. The van der Waals surface area contributed by atoms with Crippen molar-refractivity contribution in [2.24, 2.45) is 0 Å². The van der Waals surface area contributed by atoms with Crippen LogP contribution in [0.4, 0.5) is 0 Å². The van der Waals surface area contributed by atoms with Gasteiger partial charge in [0.05, 0.1) is 30.4 Å². The van der Waals surface area contributed by atoms with Gasteiger partial charge >= 0.3 is 0 Å². The Morgan fingerprint density at radius 3 is 2.68 bits per heavy atom. The number of carbonyl (C=O) groups is 3. The third-order valence-corrected chi connectivity index (χ3v) is 3.74. The van der Waals surface area contributed by atoms with Crippen molar-refractivity contribution in [3.05, 3.63) is 23.5 Å². The number of hydrogen-bond donors (Lipinski definition) is 0. The highest BCUT2D eigenvalue weighted by Gasteiger charge is 2.37. The Hall–Kier alpha value is -2.11. The molecule has 1 aliphatic heterocycles. The van der Waals surface area contributed by atoms with E-state index in [-0.39, 0.29) is 23.9 Å². The lowest BCUT2D eigenvalue weighted by molar-refractivity contribution is -0.133. The smallest absolute Gasteiger partial charge is 0.256 e. The fourth-order valence-electron chi connectivity index (χ4n) is 2.72. The Labute approximate surface area is 109 Å². The van der Waals surface area contributed by atoms with Gasteiger partial charge < -0.3 is 4.90 Å². The molecule has 2 heterocycles. The number of amides is 1. The quantitative estimate of drug-likeness (QED) is 0.671. The van der Waals surface area contributed by atoms with E-state index in [4.69, 9.17) is 0 Å². The van der Waals surface area contributed by atoms with E-state index in [9.17, 15) is 14.4 Å². The zero-order valence-electron chi connectivity index (χ0n) is 10.3. The van der Waals surface area contributed by atoms with Crippen molar-refractivity contribution in [1.29, 1.82) is 0 Å². The van der Waals surface area contributed by atoms with Crippen LogP contribution in [0.3, 0.4) is 0 Å². The lowest BCUT2D eigenvalue weighted by atomic mass is 9.89. The third kappa shape index (κ3) is 2.03. The van der Waals surface area contributed by atoms with Gasteiger partial charge in [-0.05, 0) is 18.4 Å². The van der Waals surface area contributed by atoms with Crippen LogP contribution in [0.1, 0.15) is 35.2 Å². The van der Waals surface area contributed by atoms with Gasteiger partial charge in [-0.2, -0.15) is 10.2 Å². The van der Waals surface area contributed by atoms with Crippen molar-refractivity contribution in [2.75, 3.05) is 6.54 Å². The molecule has 1 aromatic heterocycles. The standard InChI is InChI=1S/C13H13N3O3/c17-9-1-2-11(12(18)5-9)16-4-3-8-6-14-15-7-10(8)13(16)19/h6-7,11H,1-5H2. The van der Waals surface area contributed by atoms with Gasteiger partial charge in [0.2, 0.25) is 0 Å². The summed E-state index contributed by atoms with van der Waals surface area (Å²) in [5.41, 5.74) is 1.39. The Kier molecular flexibility index (Phi) is 2.85. The number of nitrogens with zero attached hydrogens (tertiary/aromatic N) is 3. The predicted octanol–water partition coefficient (Wildman–Crippen LogP) is 0.166. The second kappa shape index (κ2) is 4.53. The van der Waals surface area contributed by atoms with Crippen LogP contribution < -0.4 is 0 Å². The van der Waals surface area contributed by atoms with Crippen LogP contribution in [-0.4, -0.2) is 45.2 Å². The Morgan fingerprint density at radius 2 is 1.89 bits per heavy atom. The first-order chi connectivity index (χ1) is 9.16. The molecule has 19 heavy (non-hydrogen) atoms. The van der Waals surface area contributed by atoms with Crippen molar-refractivity contribution < 1.29 is 14.4 Å². The third-order valence-electron chi connectivity index (χ3n) is 3.74. The molecule has 2 aliphatic rings. The van der Waals surface area contributed by atoms with Crippen LogP contribution in [0, 0.1) is 0 Å². The molecular formula is C13H13N3O3. The van der Waals surface area contributed by atoms with E-state index in [1.54, 1.807) is 11.1 Å². The molecule has 0 spiro atoms. The summed E-state index contributed by atoms with van der Waals surface area (Å²) in [5.74, 6) is -0.351. The van der Waals surface area contributed by atoms with E-state index in [1.807, 2.05) is 0 Å². The molecule has 1 aromatic rings. The number of aromatic nitrogens is 2. The molecule has 0 bridgehead atoms. The fourth-order valence-corrected chi connectivity index (χ4v) is 2.72. The first-order valence-electron chi connectivity index (χ1n) is 6.32. The summed E-state index contributed by atoms with van der Waals surface area (Å²) in [6.45, 7) is 0.502. The predicted molar refractivity (Wildman–Crippen MR) is 64.4 cm³/mol. The lowest BCUT2D eigenvalue weighted by Gasteiger charge is -2.35. The maximum absolute atomic E-state index is 12.4. The SMILES string of the molecule is O=C1CCC(N2CCc3cnncc3C2=O)C(=O)C1. The van der Waals surface area contributed by atoms with Crippen LogP contribution in [0.25, 0.3) is 0 Å². The minimum absolute atomic E-state index is 0.0306. The molecule has 98 valence electrons. The summed E-state index contributed by atoms with van der Waals surface area (Å²) in [4.78, 5) is 37.1. The summed E-state index contributed by atoms with van der Waals surface area (Å²) in [6.07, 6.45) is 4.49. The molecule has 1 atom stereocenters. The lowest BCUT2D eigenvalue weighted by Crippen LogP contribution is -2.50. The van der Waals surface area contributed by atoms with Crippen LogP contribution in [-0.2, 0) is 16.0 Å². The minimum Gasteiger partial charge on any atom is -0.328 e. The van der Waals surface area contributed by atoms with Crippen molar-refractivity contribution in [3.63, 3.8) is 0 Å². The highest BCUT2D eigenvalue weighted by atomic mass is 16.2. The van der Waals surface area contributed by atoms with E-state index in [2.05, 4.69) is 10.2 Å². The first-order valence-corrected chi connectivity index (χ1v) is 6.32. The Bertz CT molecular complexity index is 570. The zero-order chi connectivity index (χ0) is 13.4. The van der Waals surface area contributed by atoms with Crippen LogP contribution >= 0.6 is 0 Å². The van der Waals surface area contributed by atoms with Gasteiger partial charge in [-0.15, -0.1) is 0 Å². The highest BCUT2D eigenvalue weighted by molar-refractivity contribution is 6.06. The maximum atomic E-state index is 12.4. The van der Waals surface area contributed by atoms with Crippen molar-refractivity contribution in [1.82, 2.24) is 15.1 Å². The molecule has 0 saturated heterocycles. The number of Topliss-reactive ketones (excluding diaryl/α,β-unsaturated/α-hetero) is 2. The van der Waals surface area contributed by atoms with Crippen LogP contribution in [0.5, 0.6) is 0 Å². The summed E-state index contributed by atoms with van der Waals surface area (Å²) in [6, 6.07) is -0.452. The fraction of sp³-hybridized carbons (Fsp3) is 0.462. The first kappa shape index (κ1) is 12.0. The molecule has 1 unspecified atom stereocenters. The Morgan fingerprint density at radius 1 is 1.11 bits per heavy atom. The molecule has 1 amide bonds. The van der Waals surface area contributed by atoms with Gasteiger partial charge in [-0.1, -0.05) is 0 Å². The van der Waals surface area contributed by atoms with Gasteiger partial charge in [0, 0.05) is 13.0 Å². The molecule has 1 aliphatic carbocycles. The second-order valence-corrected chi connectivity index (χ2v) is 4.91. The molecule has 0 N–H and O–H groups in total. The van der Waals surface area contributed by atoms with Crippen molar-refractivity contribution in [2.45, 2.75) is 31.7 Å². The van der Waals surface area contributed by atoms with Crippen molar-refractivity contribution >= 4 is 17.5 Å². The highest BCUT2D eigenvalue weighted by Crippen LogP contribution is 2.24. The molecular weight excluding hydrogens is 246 g/mol. The monoisotopic (exact) mass is 259 g/mol. The molecule has 3 rings (SSSR count). The average molecular weight is 259 g/mol. The largest absolute Gasteiger partial charge is 0.328 e. The van der Waals surface area contributed by atoms with E-state index in [1.165, 1.54) is 6.20 Å². The molecule has 6 heteroatoms. The number of hydrogen-bond acceptors (Lipinski definition) is 5. The maximum Gasteiger partial charge on any atom is 0.256 e. The van der Waals surface area contributed by atoms with Crippen LogP contribution in [0.2, 0.25) is 0 Å². The summed E-state index contributed by atoms with van der Waals surface area (Å²) < 4.78 is 0. The summed E-state index contributed by atoms with van der Waals surface area (Å²) >= 11 is 0. The van der Waals surface area contributed by atoms with Crippen molar-refractivity contribution in [3.8, 4) is 0 Å². The van der Waals surface area contributed by atoms with E-state index < -0.39 is 6.04 Å². The molecule has 0 radical (unpaired) electrons. The number of fused-ring (bicyclic) bond motifs is 1. The van der Waals surface area contributed by atoms with Gasteiger partial charge in [0.25, 0.3) is 5.91 Å². The summed E-state index contributed by atoms with van der Waals surface area (Å²) in [7, 11) is 0. The van der Waals surface area contributed by atoms with Gasteiger partial charge in [0.15, 0.2) is 5.78 Å².